The Morgan fingerprint density at radius 1 is 1.47 bits per heavy atom. The summed E-state index contributed by atoms with van der Waals surface area (Å²) < 4.78 is 5.03. The number of benzene rings is 1. The van der Waals surface area contributed by atoms with E-state index in [4.69, 9.17) is 4.74 Å². The number of likely N-dealkylation sites (tertiary alicyclic amines) is 1. The van der Waals surface area contributed by atoms with Gasteiger partial charge in [0.15, 0.2) is 0 Å². The minimum absolute atomic E-state index is 0.138. The molecule has 0 amide bonds. The fourth-order valence-corrected chi connectivity index (χ4v) is 2.94. The number of esters is 1. The van der Waals surface area contributed by atoms with E-state index >= 15 is 0 Å². The first-order chi connectivity index (χ1) is 9.23. The number of methoxy groups -OCH3 is 1. The molecular formula is C16H21NO2. The van der Waals surface area contributed by atoms with Gasteiger partial charge in [0.25, 0.3) is 0 Å². The predicted molar refractivity (Wildman–Crippen MR) is 75.6 cm³/mol. The van der Waals surface area contributed by atoms with Crippen LogP contribution in [-0.4, -0.2) is 30.1 Å². The lowest BCUT2D eigenvalue weighted by molar-refractivity contribution is -0.153. The molecule has 1 aromatic rings. The van der Waals surface area contributed by atoms with E-state index in [0.717, 1.165) is 25.9 Å². The number of hydrogen-bond acceptors (Lipinski definition) is 3. The van der Waals surface area contributed by atoms with Gasteiger partial charge in [-0.3, -0.25) is 9.69 Å². The van der Waals surface area contributed by atoms with Gasteiger partial charge in [-0.2, -0.15) is 0 Å². The Hall–Kier alpha value is -1.61. The van der Waals surface area contributed by atoms with Crippen LogP contribution in [0.5, 0.6) is 0 Å². The summed E-state index contributed by atoms with van der Waals surface area (Å²) >= 11 is 0. The third-order valence-corrected chi connectivity index (χ3v) is 3.89. The normalized spacial score (nSPS) is 23.2. The van der Waals surface area contributed by atoms with E-state index in [9.17, 15) is 4.79 Å². The van der Waals surface area contributed by atoms with Crippen molar-refractivity contribution in [3.05, 3.63) is 48.6 Å². The zero-order valence-corrected chi connectivity index (χ0v) is 11.5. The molecule has 1 aliphatic heterocycles. The molecule has 2 rings (SSSR count). The molecule has 0 aliphatic carbocycles. The summed E-state index contributed by atoms with van der Waals surface area (Å²) in [7, 11) is 1.46. The van der Waals surface area contributed by atoms with Crippen LogP contribution in [0, 0.1) is 0 Å². The van der Waals surface area contributed by atoms with Gasteiger partial charge in [0.05, 0.1) is 7.11 Å². The molecule has 0 aromatic heterocycles. The van der Waals surface area contributed by atoms with Gasteiger partial charge in [0.2, 0.25) is 0 Å². The maximum atomic E-state index is 12.2. The van der Waals surface area contributed by atoms with Gasteiger partial charge in [-0.05, 0) is 31.4 Å². The zero-order chi connectivity index (χ0) is 13.7. The van der Waals surface area contributed by atoms with Crippen LogP contribution in [0.3, 0.4) is 0 Å². The topological polar surface area (TPSA) is 29.5 Å². The van der Waals surface area contributed by atoms with Crippen LogP contribution in [0.1, 0.15) is 24.8 Å². The Morgan fingerprint density at radius 2 is 2.21 bits per heavy atom. The molecule has 0 N–H and O–H groups in total. The molecule has 1 aromatic carbocycles. The number of nitrogens with zero attached hydrogens (tertiary/aromatic N) is 1. The van der Waals surface area contributed by atoms with Gasteiger partial charge >= 0.3 is 5.97 Å². The minimum Gasteiger partial charge on any atom is -0.468 e. The fraction of sp³-hybridized carbons (Fsp3) is 0.438. The first kappa shape index (κ1) is 13.8. The summed E-state index contributed by atoms with van der Waals surface area (Å²) in [5.74, 6) is -0.138. The van der Waals surface area contributed by atoms with Crippen molar-refractivity contribution < 1.29 is 9.53 Å². The second-order valence-corrected chi connectivity index (χ2v) is 5.03. The highest BCUT2D eigenvalue weighted by Crippen LogP contribution is 2.35. The Kier molecular flexibility index (Phi) is 4.38. The standard InChI is InChI=1S/C16H21NO2/c1-3-10-16(15(18)19-2)11-7-12-17(16)13-14-8-5-4-6-9-14/h3-6,8-9H,1,7,10-13H2,2H3/t16-/m0/s1. The Bertz CT molecular complexity index is 443. The molecule has 0 radical (unpaired) electrons. The van der Waals surface area contributed by atoms with Crippen LogP contribution in [0.25, 0.3) is 0 Å². The summed E-state index contributed by atoms with van der Waals surface area (Å²) in [5.41, 5.74) is 0.702. The number of carbonyl (C=O) groups excluding carboxylic acids is 1. The largest absolute Gasteiger partial charge is 0.468 e. The monoisotopic (exact) mass is 259 g/mol. The number of rotatable bonds is 5. The smallest absolute Gasteiger partial charge is 0.326 e. The van der Waals surface area contributed by atoms with Gasteiger partial charge in [-0.1, -0.05) is 36.4 Å². The maximum Gasteiger partial charge on any atom is 0.326 e. The second-order valence-electron chi connectivity index (χ2n) is 5.03. The Labute approximate surface area is 114 Å². The van der Waals surface area contributed by atoms with E-state index in [0.29, 0.717) is 6.42 Å². The van der Waals surface area contributed by atoms with Crippen LogP contribution in [-0.2, 0) is 16.1 Å². The number of hydrogen-bond donors (Lipinski definition) is 0. The van der Waals surface area contributed by atoms with Crippen molar-refractivity contribution in [1.82, 2.24) is 4.90 Å². The molecule has 1 saturated heterocycles. The SMILES string of the molecule is C=CC[C@@]1(C(=O)OC)CCCN1Cc1ccccc1. The molecule has 1 atom stereocenters. The maximum absolute atomic E-state index is 12.2. The van der Waals surface area contributed by atoms with Gasteiger partial charge < -0.3 is 4.74 Å². The molecule has 0 unspecified atom stereocenters. The Balaban J connectivity index is 2.22. The molecule has 1 heterocycles. The Morgan fingerprint density at radius 3 is 2.84 bits per heavy atom. The van der Waals surface area contributed by atoms with E-state index in [1.165, 1.54) is 12.7 Å². The van der Waals surface area contributed by atoms with Crippen LogP contribution in [0.15, 0.2) is 43.0 Å². The summed E-state index contributed by atoms with van der Waals surface area (Å²) in [4.78, 5) is 14.4. The van der Waals surface area contributed by atoms with Crippen molar-refractivity contribution >= 4 is 5.97 Å². The van der Waals surface area contributed by atoms with Crippen molar-refractivity contribution in [2.24, 2.45) is 0 Å². The van der Waals surface area contributed by atoms with Gasteiger partial charge in [-0.25, -0.2) is 0 Å². The van der Waals surface area contributed by atoms with E-state index in [1.807, 2.05) is 24.3 Å². The third kappa shape index (κ3) is 2.71. The highest BCUT2D eigenvalue weighted by atomic mass is 16.5. The minimum atomic E-state index is -0.521. The predicted octanol–water partition coefficient (Wildman–Crippen LogP) is 2.77. The van der Waals surface area contributed by atoms with E-state index < -0.39 is 5.54 Å². The van der Waals surface area contributed by atoms with Crippen molar-refractivity contribution in [1.29, 1.82) is 0 Å². The molecule has 3 heteroatoms. The summed E-state index contributed by atoms with van der Waals surface area (Å²) in [5, 5.41) is 0. The highest BCUT2D eigenvalue weighted by molar-refractivity contribution is 5.81. The molecule has 1 fully saturated rings. The van der Waals surface area contributed by atoms with Crippen molar-refractivity contribution in [2.75, 3.05) is 13.7 Å². The molecular weight excluding hydrogens is 238 g/mol. The molecule has 0 saturated carbocycles. The van der Waals surface area contributed by atoms with Crippen molar-refractivity contribution in [3.8, 4) is 0 Å². The van der Waals surface area contributed by atoms with Gasteiger partial charge in [-0.15, -0.1) is 6.58 Å². The summed E-state index contributed by atoms with van der Waals surface area (Å²) in [6.45, 7) is 5.50. The molecule has 19 heavy (non-hydrogen) atoms. The lowest BCUT2D eigenvalue weighted by atomic mass is 9.91. The fourth-order valence-electron chi connectivity index (χ4n) is 2.94. The summed E-state index contributed by atoms with van der Waals surface area (Å²) in [6, 6.07) is 10.2. The van der Waals surface area contributed by atoms with Gasteiger partial charge in [0.1, 0.15) is 5.54 Å². The number of ether oxygens (including phenoxy) is 1. The second kappa shape index (κ2) is 6.02. The van der Waals surface area contributed by atoms with E-state index in [2.05, 4.69) is 23.6 Å². The number of carbonyl (C=O) groups is 1. The van der Waals surface area contributed by atoms with Crippen LogP contribution in [0.4, 0.5) is 0 Å². The molecule has 102 valence electrons. The van der Waals surface area contributed by atoms with E-state index in [-0.39, 0.29) is 5.97 Å². The van der Waals surface area contributed by atoms with Crippen LogP contribution < -0.4 is 0 Å². The first-order valence-corrected chi connectivity index (χ1v) is 6.71. The zero-order valence-electron chi connectivity index (χ0n) is 11.5. The average Bonchev–Trinajstić information content (AvgIpc) is 2.83. The highest BCUT2D eigenvalue weighted by Gasteiger charge is 2.47. The first-order valence-electron chi connectivity index (χ1n) is 6.71. The average molecular weight is 259 g/mol. The molecule has 0 bridgehead atoms. The molecule has 1 aliphatic rings. The molecule has 0 spiro atoms. The van der Waals surface area contributed by atoms with Crippen LogP contribution in [0.2, 0.25) is 0 Å². The van der Waals surface area contributed by atoms with Crippen molar-refractivity contribution in [2.45, 2.75) is 31.3 Å². The lowest BCUT2D eigenvalue weighted by Crippen LogP contribution is -2.50. The molecule has 3 nitrogen and oxygen atoms in total. The third-order valence-electron chi connectivity index (χ3n) is 3.89. The quantitative estimate of drug-likeness (QED) is 0.601. The van der Waals surface area contributed by atoms with Crippen molar-refractivity contribution in [3.63, 3.8) is 0 Å². The lowest BCUT2D eigenvalue weighted by Gasteiger charge is -2.35. The van der Waals surface area contributed by atoms with Gasteiger partial charge in [0, 0.05) is 6.54 Å². The van der Waals surface area contributed by atoms with Crippen LogP contribution >= 0.6 is 0 Å². The van der Waals surface area contributed by atoms with E-state index in [1.54, 1.807) is 0 Å². The summed E-state index contributed by atoms with van der Waals surface area (Å²) in [6.07, 6.45) is 4.33.